The summed E-state index contributed by atoms with van der Waals surface area (Å²) in [4.78, 5) is 3.94. The second-order valence-electron chi connectivity index (χ2n) is 4.52. The van der Waals surface area contributed by atoms with Crippen LogP contribution in [0.2, 0.25) is 0 Å². The lowest BCUT2D eigenvalue weighted by molar-refractivity contribution is 0.0678. The predicted molar refractivity (Wildman–Crippen MR) is 89.2 cm³/mol. The number of methoxy groups -OCH3 is 1. The summed E-state index contributed by atoms with van der Waals surface area (Å²) in [6.07, 6.45) is 2.62. The molecule has 0 unspecified atom stereocenters. The Kier molecular flexibility index (Phi) is 5.26. The number of nitrogens with zero attached hydrogens (tertiary/aromatic N) is 4. The number of alkyl halides is 2. The smallest absolute Gasteiger partial charge is 0.319 e. The number of rotatable bonds is 7. The van der Waals surface area contributed by atoms with E-state index in [4.69, 9.17) is 4.74 Å². The number of imidazole rings is 1. The Morgan fingerprint density at radius 2 is 2.17 bits per heavy atom. The third kappa shape index (κ3) is 3.82. The molecule has 24 heavy (non-hydrogen) atoms. The molecule has 0 amide bonds. The number of para-hydroxylation sites is 2. The highest BCUT2D eigenvalue weighted by Gasteiger charge is 2.13. The van der Waals surface area contributed by atoms with E-state index in [0.29, 0.717) is 26.8 Å². The number of hydrogen-bond acceptors (Lipinski definition) is 7. The molecule has 0 bridgehead atoms. The van der Waals surface area contributed by atoms with E-state index in [1.54, 1.807) is 7.11 Å². The number of thioether (sulfide) groups is 1. The molecular weight excluding hydrogens is 356 g/mol. The lowest BCUT2D eigenvalue weighted by Gasteiger charge is -2.07. The van der Waals surface area contributed by atoms with Crippen LogP contribution in [0.4, 0.5) is 19.6 Å². The fraction of sp³-hybridized carbons (Fsp3) is 0.214. The van der Waals surface area contributed by atoms with E-state index in [1.165, 1.54) is 35.5 Å². The molecule has 126 valence electrons. The standard InChI is InChI=1S/C14H13F2N5OS2/c1-22-10-5-3-2-4-9(10)18-13-19-20-14(24-13)23-8-11-17-6-7-21(11)12(15)16/h2-7,12H,8H2,1H3,(H,18,19). The summed E-state index contributed by atoms with van der Waals surface area (Å²) >= 11 is 2.64. The maximum Gasteiger partial charge on any atom is 0.319 e. The number of ether oxygens (including phenoxy) is 1. The van der Waals surface area contributed by atoms with Gasteiger partial charge in [-0.05, 0) is 12.1 Å². The maximum absolute atomic E-state index is 12.8. The number of anilines is 2. The van der Waals surface area contributed by atoms with E-state index < -0.39 is 6.55 Å². The van der Waals surface area contributed by atoms with E-state index >= 15 is 0 Å². The van der Waals surface area contributed by atoms with E-state index in [0.717, 1.165) is 10.3 Å². The average Bonchev–Trinajstić information content (AvgIpc) is 3.22. The molecule has 0 saturated carbocycles. The summed E-state index contributed by atoms with van der Waals surface area (Å²) in [6.45, 7) is -2.60. The molecule has 0 radical (unpaired) electrons. The van der Waals surface area contributed by atoms with Crippen molar-refractivity contribution in [1.82, 2.24) is 19.7 Å². The van der Waals surface area contributed by atoms with Gasteiger partial charge in [-0.1, -0.05) is 35.2 Å². The van der Waals surface area contributed by atoms with Crippen molar-refractivity contribution >= 4 is 33.9 Å². The SMILES string of the molecule is COc1ccccc1Nc1nnc(SCc2nccn2C(F)F)s1. The molecule has 6 nitrogen and oxygen atoms in total. The first-order chi connectivity index (χ1) is 11.7. The molecule has 1 N–H and O–H groups in total. The molecule has 0 atom stereocenters. The van der Waals surface area contributed by atoms with Crippen molar-refractivity contribution in [2.24, 2.45) is 0 Å². The summed E-state index contributed by atoms with van der Waals surface area (Å²) in [5, 5.41) is 11.8. The van der Waals surface area contributed by atoms with Gasteiger partial charge >= 0.3 is 6.55 Å². The molecule has 3 aromatic rings. The van der Waals surface area contributed by atoms with Crippen LogP contribution < -0.4 is 10.1 Å². The minimum Gasteiger partial charge on any atom is -0.495 e. The van der Waals surface area contributed by atoms with Gasteiger partial charge in [0.15, 0.2) is 4.34 Å². The van der Waals surface area contributed by atoms with Crippen LogP contribution in [-0.4, -0.2) is 26.9 Å². The van der Waals surface area contributed by atoms with Crippen molar-refractivity contribution in [3.63, 3.8) is 0 Å². The Morgan fingerprint density at radius 3 is 2.96 bits per heavy atom. The fourth-order valence-corrected chi connectivity index (χ4v) is 3.66. The van der Waals surface area contributed by atoms with E-state index in [2.05, 4.69) is 20.5 Å². The molecule has 10 heteroatoms. The zero-order chi connectivity index (χ0) is 16.9. The molecule has 3 rings (SSSR count). The predicted octanol–water partition coefficient (Wildman–Crippen LogP) is 4.17. The molecule has 0 fully saturated rings. The van der Waals surface area contributed by atoms with E-state index in [9.17, 15) is 8.78 Å². The lowest BCUT2D eigenvalue weighted by atomic mass is 10.3. The van der Waals surface area contributed by atoms with Gasteiger partial charge in [0, 0.05) is 12.4 Å². The molecule has 0 saturated heterocycles. The van der Waals surface area contributed by atoms with Gasteiger partial charge in [0.05, 0.1) is 18.6 Å². The Hall–Kier alpha value is -2.20. The van der Waals surface area contributed by atoms with Crippen LogP contribution in [0.15, 0.2) is 41.0 Å². The van der Waals surface area contributed by atoms with Gasteiger partial charge < -0.3 is 10.1 Å². The number of hydrogen-bond donors (Lipinski definition) is 1. The first-order valence-corrected chi connectivity index (χ1v) is 8.64. The first-order valence-electron chi connectivity index (χ1n) is 6.83. The Balaban J connectivity index is 1.64. The quantitative estimate of drug-likeness (QED) is 0.631. The van der Waals surface area contributed by atoms with Gasteiger partial charge in [-0.2, -0.15) is 8.78 Å². The summed E-state index contributed by atoms with van der Waals surface area (Å²) in [6, 6.07) is 7.46. The van der Waals surface area contributed by atoms with Crippen LogP contribution in [0, 0.1) is 0 Å². The molecule has 0 spiro atoms. The monoisotopic (exact) mass is 369 g/mol. The van der Waals surface area contributed by atoms with Gasteiger partial charge in [0.1, 0.15) is 11.6 Å². The Bertz CT molecular complexity index is 808. The highest BCUT2D eigenvalue weighted by Crippen LogP contribution is 2.32. The lowest BCUT2D eigenvalue weighted by Crippen LogP contribution is -2.01. The molecule has 0 aliphatic heterocycles. The van der Waals surface area contributed by atoms with Gasteiger partial charge in [-0.25, -0.2) is 4.98 Å². The van der Waals surface area contributed by atoms with Crippen LogP contribution >= 0.6 is 23.1 Å². The summed E-state index contributed by atoms with van der Waals surface area (Å²) in [5.74, 6) is 1.28. The third-order valence-electron chi connectivity index (χ3n) is 3.04. The van der Waals surface area contributed by atoms with Crippen molar-refractivity contribution in [1.29, 1.82) is 0 Å². The normalized spacial score (nSPS) is 11.0. The molecule has 0 aliphatic rings. The zero-order valence-corrected chi connectivity index (χ0v) is 14.2. The Morgan fingerprint density at radius 1 is 1.33 bits per heavy atom. The fourth-order valence-electron chi connectivity index (χ4n) is 1.94. The second-order valence-corrected chi connectivity index (χ2v) is 6.72. The maximum atomic E-state index is 12.8. The second kappa shape index (κ2) is 7.58. The molecule has 2 heterocycles. The summed E-state index contributed by atoms with van der Waals surface area (Å²) in [5.41, 5.74) is 0.779. The van der Waals surface area contributed by atoms with E-state index in [1.807, 2.05) is 24.3 Å². The molecule has 0 aliphatic carbocycles. The van der Waals surface area contributed by atoms with Crippen molar-refractivity contribution in [2.75, 3.05) is 12.4 Å². The van der Waals surface area contributed by atoms with Gasteiger partial charge in [0.2, 0.25) is 5.13 Å². The molecule has 1 aromatic carbocycles. The number of nitrogens with one attached hydrogen (secondary N) is 1. The topological polar surface area (TPSA) is 64.9 Å². The van der Waals surface area contributed by atoms with Crippen LogP contribution in [-0.2, 0) is 5.75 Å². The first kappa shape index (κ1) is 16.7. The van der Waals surface area contributed by atoms with Crippen LogP contribution in [0.25, 0.3) is 0 Å². The number of benzene rings is 1. The van der Waals surface area contributed by atoms with Gasteiger partial charge in [-0.3, -0.25) is 4.57 Å². The van der Waals surface area contributed by atoms with Crippen molar-refractivity contribution in [2.45, 2.75) is 16.6 Å². The largest absolute Gasteiger partial charge is 0.495 e. The van der Waals surface area contributed by atoms with Crippen LogP contribution in [0.1, 0.15) is 12.4 Å². The number of halogens is 2. The van der Waals surface area contributed by atoms with Crippen LogP contribution in [0.5, 0.6) is 5.75 Å². The highest BCUT2D eigenvalue weighted by atomic mass is 32.2. The Labute approximate surface area is 144 Å². The van der Waals surface area contributed by atoms with Crippen molar-refractivity contribution in [3.05, 3.63) is 42.5 Å². The van der Waals surface area contributed by atoms with E-state index in [-0.39, 0.29) is 0 Å². The van der Waals surface area contributed by atoms with Gasteiger partial charge in [0.25, 0.3) is 0 Å². The zero-order valence-electron chi connectivity index (χ0n) is 12.5. The average molecular weight is 369 g/mol. The van der Waals surface area contributed by atoms with Crippen LogP contribution in [0.3, 0.4) is 0 Å². The van der Waals surface area contributed by atoms with Crippen molar-refractivity contribution < 1.29 is 13.5 Å². The summed E-state index contributed by atoms with van der Waals surface area (Å²) < 4.78 is 32.3. The minimum atomic E-state index is -2.60. The van der Waals surface area contributed by atoms with Crippen molar-refractivity contribution in [3.8, 4) is 5.75 Å². The highest BCUT2D eigenvalue weighted by molar-refractivity contribution is 8.00. The van der Waals surface area contributed by atoms with Gasteiger partial charge in [-0.15, -0.1) is 10.2 Å². The minimum absolute atomic E-state index is 0.292. The molecular formula is C14H13F2N5OS2. The number of aromatic nitrogens is 4. The summed E-state index contributed by atoms with van der Waals surface area (Å²) in [7, 11) is 1.59. The third-order valence-corrected chi connectivity index (χ3v) is 5.01. The molecule has 2 aromatic heterocycles.